The predicted molar refractivity (Wildman–Crippen MR) is 85.4 cm³/mol. The zero-order valence-electron chi connectivity index (χ0n) is 12.7. The van der Waals surface area contributed by atoms with Gasteiger partial charge in [0.25, 0.3) is 5.56 Å². The molecule has 0 unspecified atom stereocenters. The summed E-state index contributed by atoms with van der Waals surface area (Å²) in [6, 6.07) is 0. The molecule has 1 fully saturated rings. The minimum Gasteiger partial charge on any atom is -0.390 e. The number of aromatic amines is 1. The normalized spacial score (nSPS) is 16.9. The SMILES string of the molecule is Cn1c(=O)[nH]c(=O)c2c1nc(N1CCOCC1)n2C[C@H](O)CCl. The van der Waals surface area contributed by atoms with Crippen LogP contribution in [-0.4, -0.2) is 62.5 Å². The molecule has 0 saturated carbocycles. The number of aliphatic hydroxyl groups is 1. The third-order valence-electron chi connectivity index (χ3n) is 3.85. The highest BCUT2D eigenvalue weighted by Crippen LogP contribution is 2.21. The number of alkyl halides is 1. The topological polar surface area (TPSA) is 105 Å². The van der Waals surface area contributed by atoms with E-state index in [2.05, 4.69) is 9.97 Å². The van der Waals surface area contributed by atoms with Crippen LogP contribution in [-0.2, 0) is 18.3 Å². The van der Waals surface area contributed by atoms with Gasteiger partial charge < -0.3 is 19.3 Å². The number of H-pyrrole nitrogens is 1. The Morgan fingerprint density at radius 3 is 2.74 bits per heavy atom. The van der Waals surface area contributed by atoms with Gasteiger partial charge in [-0.25, -0.2) is 4.79 Å². The van der Waals surface area contributed by atoms with Gasteiger partial charge in [0.05, 0.1) is 31.7 Å². The van der Waals surface area contributed by atoms with Gasteiger partial charge in [-0.15, -0.1) is 11.6 Å². The van der Waals surface area contributed by atoms with Crippen molar-refractivity contribution >= 4 is 28.7 Å². The molecule has 0 aromatic carbocycles. The van der Waals surface area contributed by atoms with Crippen LogP contribution in [0.1, 0.15) is 0 Å². The third kappa shape index (κ3) is 2.87. The highest BCUT2D eigenvalue weighted by atomic mass is 35.5. The number of ether oxygens (including phenoxy) is 1. The van der Waals surface area contributed by atoms with Gasteiger partial charge in [-0.3, -0.25) is 14.3 Å². The molecule has 23 heavy (non-hydrogen) atoms. The maximum atomic E-state index is 12.3. The van der Waals surface area contributed by atoms with Crippen molar-refractivity contribution in [1.82, 2.24) is 19.1 Å². The van der Waals surface area contributed by atoms with E-state index in [0.29, 0.717) is 32.3 Å². The predicted octanol–water partition coefficient (Wildman–Crippen LogP) is -1.14. The number of nitrogens with one attached hydrogen (secondary N) is 1. The van der Waals surface area contributed by atoms with Crippen molar-refractivity contribution in [3.8, 4) is 0 Å². The molecule has 10 heteroatoms. The first-order chi connectivity index (χ1) is 11.0. The van der Waals surface area contributed by atoms with Gasteiger partial charge in [0.2, 0.25) is 5.95 Å². The van der Waals surface area contributed by atoms with E-state index in [-0.39, 0.29) is 23.6 Å². The lowest BCUT2D eigenvalue weighted by Gasteiger charge is -2.28. The molecule has 9 nitrogen and oxygen atoms in total. The lowest BCUT2D eigenvalue weighted by molar-refractivity contribution is 0.121. The van der Waals surface area contributed by atoms with Crippen LogP contribution in [0.2, 0.25) is 0 Å². The zero-order chi connectivity index (χ0) is 16.6. The van der Waals surface area contributed by atoms with Crippen LogP contribution >= 0.6 is 11.6 Å². The van der Waals surface area contributed by atoms with E-state index in [1.54, 1.807) is 11.6 Å². The molecule has 0 radical (unpaired) electrons. The minimum absolute atomic E-state index is 0.0336. The van der Waals surface area contributed by atoms with E-state index in [1.165, 1.54) is 4.57 Å². The maximum absolute atomic E-state index is 12.3. The van der Waals surface area contributed by atoms with Crippen molar-refractivity contribution in [2.24, 2.45) is 7.05 Å². The molecule has 3 rings (SSSR count). The lowest BCUT2D eigenvalue weighted by Crippen LogP contribution is -2.38. The molecule has 0 aliphatic carbocycles. The van der Waals surface area contributed by atoms with Crippen molar-refractivity contribution in [1.29, 1.82) is 0 Å². The number of anilines is 1. The number of aliphatic hydroxyl groups excluding tert-OH is 1. The van der Waals surface area contributed by atoms with Gasteiger partial charge in [-0.2, -0.15) is 4.98 Å². The molecular formula is C13H18ClN5O4. The van der Waals surface area contributed by atoms with Crippen LogP contribution in [0.15, 0.2) is 9.59 Å². The highest BCUT2D eigenvalue weighted by Gasteiger charge is 2.24. The summed E-state index contributed by atoms with van der Waals surface area (Å²) in [5, 5.41) is 9.92. The van der Waals surface area contributed by atoms with Crippen LogP contribution in [0.25, 0.3) is 11.2 Å². The first kappa shape index (κ1) is 16.0. The summed E-state index contributed by atoms with van der Waals surface area (Å²) in [7, 11) is 1.54. The average Bonchev–Trinajstić information content (AvgIpc) is 2.93. The average molecular weight is 344 g/mol. The number of aromatic nitrogens is 4. The molecule has 1 aliphatic rings. The van der Waals surface area contributed by atoms with Crippen molar-refractivity contribution < 1.29 is 9.84 Å². The number of fused-ring (bicyclic) bond motifs is 1. The van der Waals surface area contributed by atoms with E-state index >= 15 is 0 Å². The fraction of sp³-hybridized carbons (Fsp3) is 0.615. The van der Waals surface area contributed by atoms with E-state index in [9.17, 15) is 14.7 Å². The quantitative estimate of drug-likeness (QED) is 0.680. The third-order valence-corrected chi connectivity index (χ3v) is 4.21. The molecule has 2 aromatic rings. The summed E-state index contributed by atoms with van der Waals surface area (Å²) in [6.07, 6.45) is -0.828. The van der Waals surface area contributed by atoms with Gasteiger partial charge in [0.1, 0.15) is 0 Å². The van der Waals surface area contributed by atoms with Crippen molar-refractivity contribution in [3.63, 3.8) is 0 Å². The van der Waals surface area contributed by atoms with Crippen LogP contribution in [0.3, 0.4) is 0 Å². The summed E-state index contributed by atoms with van der Waals surface area (Å²) >= 11 is 5.70. The van der Waals surface area contributed by atoms with Crippen LogP contribution in [0.5, 0.6) is 0 Å². The Hall–Kier alpha value is -1.84. The summed E-state index contributed by atoms with van der Waals surface area (Å²) in [6.45, 7) is 2.46. The van der Waals surface area contributed by atoms with Crippen molar-refractivity contribution in [2.45, 2.75) is 12.6 Å². The first-order valence-corrected chi connectivity index (χ1v) is 7.82. The molecule has 1 aliphatic heterocycles. The zero-order valence-corrected chi connectivity index (χ0v) is 13.4. The Bertz CT molecular complexity index is 820. The molecule has 0 amide bonds. The van der Waals surface area contributed by atoms with E-state index < -0.39 is 17.4 Å². The van der Waals surface area contributed by atoms with Gasteiger partial charge >= 0.3 is 5.69 Å². The molecular weight excluding hydrogens is 326 g/mol. The molecule has 2 N–H and O–H groups in total. The van der Waals surface area contributed by atoms with Crippen LogP contribution < -0.4 is 16.1 Å². The molecule has 1 atom stereocenters. The molecule has 3 heterocycles. The number of rotatable bonds is 4. The fourth-order valence-corrected chi connectivity index (χ4v) is 2.76. The molecule has 126 valence electrons. The second-order valence-electron chi connectivity index (χ2n) is 5.42. The van der Waals surface area contributed by atoms with Crippen molar-refractivity contribution in [3.05, 3.63) is 20.8 Å². The Morgan fingerprint density at radius 2 is 2.09 bits per heavy atom. The van der Waals surface area contributed by atoms with Gasteiger partial charge in [-0.05, 0) is 0 Å². The second-order valence-corrected chi connectivity index (χ2v) is 5.73. The van der Waals surface area contributed by atoms with Gasteiger partial charge in [0.15, 0.2) is 11.2 Å². The Morgan fingerprint density at radius 1 is 1.39 bits per heavy atom. The number of halogens is 1. The van der Waals surface area contributed by atoms with Crippen LogP contribution in [0, 0.1) is 0 Å². The van der Waals surface area contributed by atoms with E-state index in [0.717, 1.165) is 0 Å². The molecule has 0 bridgehead atoms. The first-order valence-electron chi connectivity index (χ1n) is 7.29. The molecule has 0 spiro atoms. The summed E-state index contributed by atoms with van der Waals surface area (Å²) in [5.74, 6) is 0.561. The van der Waals surface area contributed by atoms with Crippen molar-refractivity contribution in [2.75, 3.05) is 37.1 Å². The number of morpholine rings is 1. The summed E-state index contributed by atoms with van der Waals surface area (Å²) < 4.78 is 8.23. The maximum Gasteiger partial charge on any atom is 0.329 e. The van der Waals surface area contributed by atoms with E-state index in [1.807, 2.05) is 4.90 Å². The number of hydrogen-bond donors (Lipinski definition) is 2. The highest BCUT2D eigenvalue weighted by molar-refractivity contribution is 6.18. The van der Waals surface area contributed by atoms with Gasteiger partial charge in [-0.1, -0.05) is 0 Å². The largest absolute Gasteiger partial charge is 0.390 e. The summed E-state index contributed by atoms with van der Waals surface area (Å²) in [5.41, 5.74) is -0.532. The molecule has 2 aromatic heterocycles. The van der Waals surface area contributed by atoms with E-state index in [4.69, 9.17) is 16.3 Å². The number of aryl methyl sites for hydroxylation is 1. The molecule has 1 saturated heterocycles. The number of nitrogens with zero attached hydrogens (tertiary/aromatic N) is 4. The Balaban J connectivity index is 2.22. The summed E-state index contributed by atoms with van der Waals surface area (Å²) in [4.78, 5) is 32.7. The fourth-order valence-electron chi connectivity index (χ4n) is 2.66. The Kier molecular flexibility index (Phi) is 4.42. The standard InChI is InChI=1S/C13H18ClN5O4/c1-17-10-9(11(21)16-13(17)22)19(7-8(20)6-14)12(15-10)18-2-4-23-5-3-18/h8,20H,2-7H2,1H3,(H,16,21,22)/t8-/m1/s1. The monoisotopic (exact) mass is 343 g/mol. The second kappa shape index (κ2) is 6.34. The lowest BCUT2D eigenvalue weighted by atomic mass is 10.4. The smallest absolute Gasteiger partial charge is 0.329 e. The number of imidazole rings is 1. The van der Waals surface area contributed by atoms with Crippen LogP contribution in [0.4, 0.5) is 5.95 Å². The minimum atomic E-state index is -0.828. The van der Waals surface area contributed by atoms with Gasteiger partial charge in [0, 0.05) is 20.1 Å². The Labute approximate surface area is 136 Å². The number of hydrogen-bond acceptors (Lipinski definition) is 6.